The fourth-order valence-corrected chi connectivity index (χ4v) is 3.74. The van der Waals surface area contributed by atoms with Crippen LogP contribution >= 0.6 is 11.8 Å². The first-order chi connectivity index (χ1) is 13.0. The fraction of sp³-hybridized carbons (Fsp3) is 0.250. The molecule has 1 atom stereocenters. The Kier molecular flexibility index (Phi) is 6.03. The molecule has 0 unspecified atom stereocenters. The van der Waals surface area contributed by atoms with E-state index in [0.29, 0.717) is 34.6 Å². The highest BCUT2D eigenvalue weighted by Crippen LogP contribution is 2.25. The van der Waals surface area contributed by atoms with Crippen molar-refractivity contribution in [3.63, 3.8) is 0 Å². The Morgan fingerprint density at radius 2 is 1.93 bits per heavy atom. The van der Waals surface area contributed by atoms with Crippen LogP contribution in [0.2, 0.25) is 0 Å². The summed E-state index contributed by atoms with van der Waals surface area (Å²) in [6.07, 6.45) is 0.410. The molecule has 0 spiro atoms. The number of benzene rings is 2. The number of ketones is 1. The zero-order chi connectivity index (χ0) is 19.4. The van der Waals surface area contributed by atoms with Crippen LogP contribution in [0.15, 0.2) is 58.5 Å². The summed E-state index contributed by atoms with van der Waals surface area (Å²) in [4.78, 5) is 30.0. The van der Waals surface area contributed by atoms with E-state index in [4.69, 9.17) is 5.11 Å². The number of hydrogen-bond donors (Lipinski definition) is 1. The lowest BCUT2D eigenvalue weighted by Crippen LogP contribution is -2.25. The molecule has 3 aromatic rings. The van der Waals surface area contributed by atoms with Crippen LogP contribution in [0.3, 0.4) is 0 Å². The molecule has 3 rings (SSSR count). The fourth-order valence-electron chi connectivity index (χ4n) is 2.72. The first kappa shape index (κ1) is 19.3. The van der Waals surface area contributed by atoms with Gasteiger partial charge in [-0.05, 0) is 49.7 Å². The summed E-state index contributed by atoms with van der Waals surface area (Å²) in [7, 11) is 0. The average Bonchev–Trinajstić information content (AvgIpc) is 2.68. The zero-order valence-corrected chi connectivity index (χ0v) is 15.6. The number of fused-ring (bicyclic) bond motifs is 1. The van der Waals surface area contributed by atoms with Gasteiger partial charge in [-0.1, -0.05) is 23.9 Å². The molecule has 1 aromatic heterocycles. The van der Waals surface area contributed by atoms with Gasteiger partial charge in [-0.25, -0.2) is 9.37 Å². The molecule has 0 fully saturated rings. The van der Waals surface area contributed by atoms with Gasteiger partial charge in [0, 0.05) is 18.7 Å². The number of aromatic nitrogens is 2. The van der Waals surface area contributed by atoms with Crippen molar-refractivity contribution in [2.75, 3.05) is 6.61 Å². The van der Waals surface area contributed by atoms with Crippen LogP contribution in [-0.4, -0.2) is 32.3 Å². The van der Waals surface area contributed by atoms with E-state index >= 15 is 0 Å². The smallest absolute Gasteiger partial charge is 0.262 e. The van der Waals surface area contributed by atoms with Crippen molar-refractivity contribution in [2.24, 2.45) is 0 Å². The van der Waals surface area contributed by atoms with Crippen molar-refractivity contribution < 1.29 is 14.3 Å². The van der Waals surface area contributed by atoms with Crippen molar-refractivity contribution in [3.05, 3.63) is 70.3 Å². The molecule has 1 heterocycles. The van der Waals surface area contributed by atoms with E-state index < -0.39 is 11.1 Å². The van der Waals surface area contributed by atoms with Gasteiger partial charge in [-0.3, -0.25) is 14.2 Å². The molecule has 0 amide bonds. The molecule has 0 saturated carbocycles. The van der Waals surface area contributed by atoms with Gasteiger partial charge in [0.05, 0.1) is 16.2 Å². The molecule has 0 bridgehead atoms. The molecular formula is C20H19FN2O3S. The first-order valence-corrected chi connectivity index (χ1v) is 9.46. The molecule has 0 aliphatic rings. The van der Waals surface area contributed by atoms with E-state index in [1.807, 2.05) is 0 Å². The molecule has 0 radical (unpaired) electrons. The Labute approximate surface area is 159 Å². The maximum atomic E-state index is 13.1. The monoisotopic (exact) mass is 386 g/mol. The average molecular weight is 386 g/mol. The third-order valence-corrected chi connectivity index (χ3v) is 5.24. The Morgan fingerprint density at radius 1 is 1.22 bits per heavy atom. The molecular weight excluding hydrogens is 367 g/mol. The third-order valence-electron chi connectivity index (χ3n) is 4.15. The van der Waals surface area contributed by atoms with Crippen LogP contribution in [0, 0.1) is 5.82 Å². The highest BCUT2D eigenvalue weighted by Gasteiger charge is 2.20. The normalized spacial score (nSPS) is 12.3. The Hall–Kier alpha value is -2.51. The maximum Gasteiger partial charge on any atom is 0.262 e. The van der Waals surface area contributed by atoms with Crippen LogP contribution in [0.1, 0.15) is 23.7 Å². The van der Waals surface area contributed by atoms with Crippen LogP contribution in [0.5, 0.6) is 0 Å². The van der Waals surface area contributed by atoms with E-state index in [0.717, 1.165) is 0 Å². The molecule has 0 aliphatic heterocycles. The number of hydrogen-bond acceptors (Lipinski definition) is 5. The summed E-state index contributed by atoms with van der Waals surface area (Å²) >= 11 is 1.18. The standard InChI is InChI=1S/C20H19FN2O3S/c1-13(18(25)14-7-9-15(21)10-8-14)27-20-22-17-6-3-2-5-16(17)19(26)23(20)11-4-12-24/h2-3,5-10,13,24H,4,11-12H2,1H3/t13-/m1/s1. The van der Waals surface area contributed by atoms with Gasteiger partial charge >= 0.3 is 0 Å². The highest BCUT2D eigenvalue weighted by molar-refractivity contribution is 8.00. The number of thioether (sulfide) groups is 1. The number of halogens is 1. The minimum atomic E-state index is -0.510. The van der Waals surface area contributed by atoms with E-state index in [-0.39, 0.29) is 17.9 Å². The van der Waals surface area contributed by atoms with Crippen LogP contribution in [0.4, 0.5) is 4.39 Å². The Bertz CT molecular complexity index is 1020. The van der Waals surface area contributed by atoms with E-state index in [1.165, 1.54) is 40.6 Å². The predicted molar refractivity (Wildman–Crippen MR) is 104 cm³/mol. The first-order valence-electron chi connectivity index (χ1n) is 8.58. The van der Waals surface area contributed by atoms with Gasteiger partial charge in [0.15, 0.2) is 10.9 Å². The molecule has 140 valence electrons. The number of aliphatic hydroxyl groups is 1. The summed E-state index contributed by atoms with van der Waals surface area (Å²) in [5.41, 5.74) is 0.770. The van der Waals surface area contributed by atoms with E-state index in [2.05, 4.69) is 4.98 Å². The number of Topliss-reactive ketones (excluding diaryl/α,β-unsaturated/α-hetero) is 1. The van der Waals surface area contributed by atoms with Gasteiger partial charge in [-0.2, -0.15) is 0 Å². The summed E-state index contributed by atoms with van der Waals surface area (Å²) < 4.78 is 14.6. The number of para-hydroxylation sites is 1. The predicted octanol–water partition coefficient (Wildman–Crippen LogP) is 3.28. The van der Waals surface area contributed by atoms with Crippen molar-refractivity contribution in [3.8, 4) is 0 Å². The SMILES string of the molecule is C[C@@H](Sc1nc2ccccc2c(=O)n1CCCO)C(=O)c1ccc(F)cc1. The number of nitrogens with zero attached hydrogens (tertiary/aromatic N) is 2. The number of rotatable bonds is 7. The van der Waals surface area contributed by atoms with Crippen molar-refractivity contribution in [1.82, 2.24) is 9.55 Å². The van der Waals surface area contributed by atoms with Gasteiger partial charge in [-0.15, -0.1) is 0 Å². The lowest BCUT2D eigenvalue weighted by Gasteiger charge is -2.15. The quantitative estimate of drug-likeness (QED) is 0.383. The van der Waals surface area contributed by atoms with Crippen molar-refractivity contribution >= 4 is 28.4 Å². The summed E-state index contributed by atoms with van der Waals surface area (Å²) in [6.45, 7) is 1.99. The molecule has 7 heteroatoms. The molecule has 2 aromatic carbocycles. The van der Waals surface area contributed by atoms with Crippen LogP contribution in [0.25, 0.3) is 10.9 Å². The van der Waals surface area contributed by atoms with Gasteiger partial charge < -0.3 is 5.11 Å². The Balaban J connectivity index is 1.95. The minimum absolute atomic E-state index is 0.0482. The second-order valence-electron chi connectivity index (χ2n) is 6.08. The highest BCUT2D eigenvalue weighted by atomic mass is 32.2. The Morgan fingerprint density at radius 3 is 2.63 bits per heavy atom. The minimum Gasteiger partial charge on any atom is -0.396 e. The third kappa shape index (κ3) is 4.26. The zero-order valence-electron chi connectivity index (χ0n) is 14.8. The molecule has 0 aliphatic carbocycles. The maximum absolute atomic E-state index is 13.1. The number of carbonyl (C=O) groups is 1. The van der Waals surface area contributed by atoms with Crippen LogP contribution in [-0.2, 0) is 6.54 Å². The molecule has 27 heavy (non-hydrogen) atoms. The van der Waals surface area contributed by atoms with E-state index in [9.17, 15) is 14.0 Å². The van der Waals surface area contributed by atoms with Gasteiger partial charge in [0.1, 0.15) is 5.82 Å². The van der Waals surface area contributed by atoms with Gasteiger partial charge in [0.25, 0.3) is 5.56 Å². The van der Waals surface area contributed by atoms with E-state index in [1.54, 1.807) is 31.2 Å². The van der Waals surface area contributed by atoms with Crippen molar-refractivity contribution in [2.45, 2.75) is 30.3 Å². The number of carbonyl (C=O) groups excluding carboxylic acids is 1. The molecule has 5 nitrogen and oxygen atoms in total. The second-order valence-corrected chi connectivity index (χ2v) is 7.38. The summed E-state index contributed by atoms with van der Waals surface area (Å²) in [5.74, 6) is -0.572. The van der Waals surface area contributed by atoms with Gasteiger partial charge in [0.2, 0.25) is 0 Å². The van der Waals surface area contributed by atoms with Crippen LogP contribution < -0.4 is 5.56 Å². The second kappa shape index (κ2) is 8.45. The molecule has 0 saturated heterocycles. The van der Waals surface area contributed by atoms with Crippen molar-refractivity contribution in [1.29, 1.82) is 0 Å². The number of aliphatic hydroxyl groups excluding tert-OH is 1. The summed E-state index contributed by atoms with van der Waals surface area (Å²) in [6, 6.07) is 12.4. The lowest BCUT2D eigenvalue weighted by atomic mass is 10.1. The lowest BCUT2D eigenvalue weighted by molar-refractivity contribution is 0.0993. The molecule has 1 N–H and O–H groups in total. The largest absolute Gasteiger partial charge is 0.396 e. The topological polar surface area (TPSA) is 72.2 Å². The summed E-state index contributed by atoms with van der Waals surface area (Å²) in [5, 5.41) is 9.55.